The fourth-order valence-corrected chi connectivity index (χ4v) is 1.87. The van der Waals surface area contributed by atoms with Gasteiger partial charge in [0.1, 0.15) is 5.82 Å². The quantitative estimate of drug-likeness (QED) is 0.919. The molecular formula is C16H17FN2O2. The van der Waals surface area contributed by atoms with Crippen LogP contribution in [-0.4, -0.2) is 18.0 Å². The Morgan fingerprint density at radius 3 is 2.76 bits per heavy atom. The zero-order valence-corrected chi connectivity index (χ0v) is 12.0. The Morgan fingerprint density at radius 2 is 2.14 bits per heavy atom. The molecule has 1 N–H and O–H groups in total. The normalized spacial score (nSPS) is 10.2. The molecule has 0 fully saturated rings. The van der Waals surface area contributed by atoms with Crippen molar-refractivity contribution in [3.63, 3.8) is 0 Å². The summed E-state index contributed by atoms with van der Waals surface area (Å²) >= 11 is 0. The minimum absolute atomic E-state index is 0.150. The number of ether oxygens (including phenoxy) is 1. The molecule has 1 aromatic heterocycles. The third-order valence-corrected chi connectivity index (χ3v) is 3.04. The number of halogens is 1. The largest absolute Gasteiger partial charge is 0.494 e. The topological polar surface area (TPSA) is 51.2 Å². The Morgan fingerprint density at radius 1 is 1.33 bits per heavy atom. The molecule has 0 aliphatic rings. The van der Waals surface area contributed by atoms with Crippen molar-refractivity contribution in [2.45, 2.75) is 19.8 Å². The molecule has 0 spiro atoms. The summed E-state index contributed by atoms with van der Waals surface area (Å²) in [6, 6.07) is 8.32. The van der Waals surface area contributed by atoms with Gasteiger partial charge < -0.3 is 10.1 Å². The smallest absolute Gasteiger partial charge is 0.225 e. The highest BCUT2D eigenvalue weighted by atomic mass is 19.1. The predicted molar refractivity (Wildman–Crippen MR) is 78.9 cm³/mol. The second-order valence-electron chi connectivity index (χ2n) is 4.74. The molecule has 0 aliphatic heterocycles. The van der Waals surface area contributed by atoms with Gasteiger partial charge >= 0.3 is 0 Å². The van der Waals surface area contributed by atoms with Crippen molar-refractivity contribution in [1.82, 2.24) is 4.98 Å². The van der Waals surface area contributed by atoms with Crippen LogP contribution in [0.3, 0.4) is 0 Å². The van der Waals surface area contributed by atoms with Crippen molar-refractivity contribution in [2.75, 3.05) is 12.4 Å². The summed E-state index contributed by atoms with van der Waals surface area (Å²) in [7, 11) is 1.42. The molecule has 1 aromatic carbocycles. The molecule has 0 saturated carbocycles. The maximum atomic E-state index is 13.5. The SMILES string of the molecule is COc1ccc(CCC(=O)Nc2ccc(C)cn2)cc1F. The lowest BCUT2D eigenvalue weighted by atomic mass is 10.1. The lowest BCUT2D eigenvalue weighted by Crippen LogP contribution is -2.13. The molecule has 21 heavy (non-hydrogen) atoms. The molecule has 0 saturated heterocycles. The lowest BCUT2D eigenvalue weighted by Gasteiger charge is -2.06. The molecule has 2 rings (SSSR count). The summed E-state index contributed by atoms with van der Waals surface area (Å²) in [5, 5.41) is 2.71. The fraction of sp³-hybridized carbons (Fsp3) is 0.250. The first-order chi connectivity index (χ1) is 10.1. The monoisotopic (exact) mass is 288 g/mol. The number of hydrogen-bond acceptors (Lipinski definition) is 3. The Balaban J connectivity index is 1.89. The van der Waals surface area contributed by atoms with E-state index >= 15 is 0 Å². The third kappa shape index (κ3) is 4.27. The number of rotatable bonds is 5. The number of aromatic nitrogens is 1. The number of carbonyl (C=O) groups excluding carboxylic acids is 1. The van der Waals surface area contributed by atoms with Gasteiger partial charge in [0, 0.05) is 12.6 Å². The number of methoxy groups -OCH3 is 1. The van der Waals surface area contributed by atoms with Crippen LogP contribution in [-0.2, 0) is 11.2 Å². The van der Waals surface area contributed by atoms with E-state index in [0.717, 1.165) is 11.1 Å². The van der Waals surface area contributed by atoms with Crippen molar-refractivity contribution in [3.8, 4) is 5.75 Å². The first-order valence-corrected chi connectivity index (χ1v) is 6.63. The van der Waals surface area contributed by atoms with Gasteiger partial charge in [-0.25, -0.2) is 9.37 Å². The standard InChI is InChI=1S/C16H17FN2O2/c1-11-3-7-15(18-10-11)19-16(20)8-5-12-4-6-14(21-2)13(17)9-12/h3-4,6-7,9-10H,5,8H2,1-2H3,(H,18,19,20). The van der Waals surface area contributed by atoms with E-state index in [1.807, 2.05) is 13.0 Å². The zero-order chi connectivity index (χ0) is 15.2. The minimum atomic E-state index is -0.421. The van der Waals surface area contributed by atoms with E-state index in [1.54, 1.807) is 24.4 Å². The van der Waals surface area contributed by atoms with Crippen LogP contribution in [0.5, 0.6) is 5.75 Å². The van der Waals surface area contributed by atoms with Crippen molar-refractivity contribution >= 4 is 11.7 Å². The summed E-state index contributed by atoms with van der Waals surface area (Å²) in [5.41, 5.74) is 1.78. The molecule has 4 nitrogen and oxygen atoms in total. The molecule has 2 aromatic rings. The van der Waals surface area contributed by atoms with Gasteiger partial charge in [0.15, 0.2) is 11.6 Å². The van der Waals surface area contributed by atoms with Gasteiger partial charge in [-0.1, -0.05) is 12.1 Å². The van der Waals surface area contributed by atoms with Gasteiger partial charge in [-0.15, -0.1) is 0 Å². The Kier molecular flexibility index (Phi) is 4.87. The number of carbonyl (C=O) groups is 1. The van der Waals surface area contributed by atoms with Crippen LogP contribution in [0.4, 0.5) is 10.2 Å². The Hall–Kier alpha value is -2.43. The summed E-state index contributed by atoms with van der Waals surface area (Å²) in [6.45, 7) is 1.93. The van der Waals surface area contributed by atoms with E-state index in [1.165, 1.54) is 13.2 Å². The number of benzene rings is 1. The number of nitrogens with zero attached hydrogens (tertiary/aromatic N) is 1. The summed E-state index contributed by atoms with van der Waals surface area (Å²) < 4.78 is 18.4. The molecule has 0 bridgehead atoms. The summed E-state index contributed by atoms with van der Waals surface area (Å²) in [6.07, 6.45) is 2.41. The van der Waals surface area contributed by atoms with Crippen LogP contribution in [0.25, 0.3) is 0 Å². The molecule has 0 atom stereocenters. The van der Waals surface area contributed by atoms with E-state index in [2.05, 4.69) is 10.3 Å². The van der Waals surface area contributed by atoms with Gasteiger partial charge in [0.05, 0.1) is 7.11 Å². The lowest BCUT2D eigenvalue weighted by molar-refractivity contribution is -0.116. The maximum Gasteiger partial charge on any atom is 0.225 e. The van der Waals surface area contributed by atoms with Gasteiger partial charge in [-0.3, -0.25) is 4.79 Å². The van der Waals surface area contributed by atoms with E-state index in [4.69, 9.17) is 4.74 Å². The number of anilines is 1. The number of aryl methyl sites for hydroxylation is 2. The van der Waals surface area contributed by atoms with Crippen LogP contribution in [0.2, 0.25) is 0 Å². The molecule has 0 radical (unpaired) electrons. The molecule has 5 heteroatoms. The van der Waals surface area contributed by atoms with Crippen molar-refractivity contribution in [3.05, 3.63) is 53.5 Å². The number of nitrogens with one attached hydrogen (secondary N) is 1. The Bertz CT molecular complexity index is 627. The molecule has 110 valence electrons. The summed E-state index contributed by atoms with van der Waals surface area (Å²) in [5.74, 6) is 0.150. The van der Waals surface area contributed by atoms with Crippen molar-refractivity contribution in [2.24, 2.45) is 0 Å². The predicted octanol–water partition coefficient (Wildman–Crippen LogP) is 3.11. The first-order valence-electron chi connectivity index (χ1n) is 6.63. The minimum Gasteiger partial charge on any atom is -0.494 e. The van der Waals surface area contributed by atoms with Gasteiger partial charge in [0.25, 0.3) is 0 Å². The molecule has 0 aliphatic carbocycles. The van der Waals surface area contributed by atoms with E-state index in [0.29, 0.717) is 12.2 Å². The average molecular weight is 288 g/mol. The van der Waals surface area contributed by atoms with E-state index in [9.17, 15) is 9.18 Å². The van der Waals surface area contributed by atoms with Crippen LogP contribution in [0.1, 0.15) is 17.5 Å². The fourth-order valence-electron chi connectivity index (χ4n) is 1.87. The summed E-state index contributed by atoms with van der Waals surface area (Å²) in [4.78, 5) is 15.9. The van der Waals surface area contributed by atoms with Crippen molar-refractivity contribution in [1.29, 1.82) is 0 Å². The average Bonchev–Trinajstić information content (AvgIpc) is 2.48. The first kappa shape index (κ1) is 15.0. The number of amides is 1. The number of pyridine rings is 1. The second kappa shape index (κ2) is 6.83. The van der Waals surface area contributed by atoms with Crippen molar-refractivity contribution < 1.29 is 13.9 Å². The van der Waals surface area contributed by atoms with Crippen LogP contribution < -0.4 is 10.1 Å². The highest BCUT2D eigenvalue weighted by Crippen LogP contribution is 2.18. The van der Waals surface area contributed by atoms with E-state index in [-0.39, 0.29) is 18.1 Å². The second-order valence-corrected chi connectivity index (χ2v) is 4.74. The third-order valence-electron chi connectivity index (χ3n) is 3.04. The zero-order valence-electron chi connectivity index (χ0n) is 12.0. The number of hydrogen-bond donors (Lipinski definition) is 1. The molecular weight excluding hydrogens is 271 g/mol. The van der Waals surface area contributed by atoms with Crippen LogP contribution in [0, 0.1) is 12.7 Å². The molecule has 0 unspecified atom stereocenters. The van der Waals surface area contributed by atoms with Gasteiger partial charge in [-0.2, -0.15) is 0 Å². The highest BCUT2D eigenvalue weighted by molar-refractivity contribution is 5.89. The Labute approximate surface area is 123 Å². The molecule has 1 amide bonds. The molecule has 1 heterocycles. The van der Waals surface area contributed by atoms with Gasteiger partial charge in [0.2, 0.25) is 5.91 Å². The van der Waals surface area contributed by atoms with Gasteiger partial charge in [-0.05, 0) is 42.7 Å². The van der Waals surface area contributed by atoms with E-state index < -0.39 is 5.82 Å². The van der Waals surface area contributed by atoms with Crippen LogP contribution in [0.15, 0.2) is 36.5 Å². The maximum absolute atomic E-state index is 13.5. The highest BCUT2D eigenvalue weighted by Gasteiger charge is 2.07. The van der Waals surface area contributed by atoms with Crippen LogP contribution >= 0.6 is 0 Å².